The lowest BCUT2D eigenvalue weighted by Crippen LogP contribution is -2.25. The second-order valence-corrected chi connectivity index (χ2v) is 1.73. The van der Waals surface area contributed by atoms with Gasteiger partial charge in [0.25, 0.3) is 0 Å². The van der Waals surface area contributed by atoms with Crippen molar-refractivity contribution in [3.63, 3.8) is 0 Å². The standard InChI is InChI=1S/C3H7NO2.CH2N4/c1-2(4)3(5)6;1-2-4-5-3-1/h2H,4H2,1H3,(H,5,6);1H2/t2-;/m0./s1. The topological polar surface area (TPSA) is 113 Å². The highest BCUT2D eigenvalue weighted by atomic mass is 16.4. The van der Waals surface area contributed by atoms with Crippen molar-refractivity contribution in [2.45, 2.75) is 13.0 Å². The molecule has 7 nitrogen and oxygen atoms in total. The monoisotopic (exact) mass is 159 g/mol. The van der Waals surface area contributed by atoms with E-state index in [1.54, 1.807) is 0 Å². The summed E-state index contributed by atoms with van der Waals surface area (Å²) in [6, 6.07) is -0.731. The van der Waals surface area contributed by atoms with Crippen LogP contribution in [-0.2, 0) is 4.79 Å². The lowest BCUT2D eigenvalue weighted by Gasteiger charge is -1.90. The Morgan fingerprint density at radius 3 is 2.00 bits per heavy atom. The van der Waals surface area contributed by atoms with E-state index < -0.39 is 12.0 Å². The Morgan fingerprint density at radius 1 is 1.55 bits per heavy atom. The van der Waals surface area contributed by atoms with E-state index in [0.29, 0.717) is 6.67 Å². The van der Waals surface area contributed by atoms with E-state index in [9.17, 15) is 4.79 Å². The van der Waals surface area contributed by atoms with Gasteiger partial charge in [0.05, 0.1) is 0 Å². The zero-order valence-corrected chi connectivity index (χ0v) is 6.01. The average molecular weight is 159 g/mol. The minimum Gasteiger partial charge on any atom is -0.480 e. The zero-order valence-electron chi connectivity index (χ0n) is 6.01. The van der Waals surface area contributed by atoms with Gasteiger partial charge in [-0.05, 0) is 17.4 Å². The fraction of sp³-hybridized carbons (Fsp3) is 0.750. The molecule has 0 radical (unpaired) electrons. The molecular weight excluding hydrogens is 150 g/mol. The largest absolute Gasteiger partial charge is 0.480 e. The first-order chi connectivity index (χ1) is 5.14. The van der Waals surface area contributed by atoms with Crippen molar-refractivity contribution >= 4 is 5.97 Å². The maximum absolute atomic E-state index is 9.57. The van der Waals surface area contributed by atoms with Gasteiger partial charge in [-0.2, -0.15) is 0 Å². The minimum absolute atomic E-state index is 0.417. The van der Waals surface area contributed by atoms with Gasteiger partial charge in [-0.1, -0.05) is 0 Å². The van der Waals surface area contributed by atoms with E-state index in [-0.39, 0.29) is 0 Å². The Balaban J connectivity index is 0.000000183. The van der Waals surface area contributed by atoms with Crippen LogP contribution in [-0.4, -0.2) is 23.8 Å². The molecule has 7 heteroatoms. The zero-order chi connectivity index (χ0) is 8.69. The van der Waals surface area contributed by atoms with Gasteiger partial charge < -0.3 is 10.8 Å². The summed E-state index contributed by atoms with van der Waals surface area (Å²) in [4.78, 5) is 9.57. The van der Waals surface area contributed by atoms with Gasteiger partial charge in [0, 0.05) is 0 Å². The van der Waals surface area contributed by atoms with Crippen LogP contribution in [0.4, 0.5) is 0 Å². The van der Waals surface area contributed by atoms with Crippen molar-refractivity contribution in [2.75, 3.05) is 6.67 Å². The van der Waals surface area contributed by atoms with Gasteiger partial charge in [0.2, 0.25) is 0 Å². The molecule has 0 amide bonds. The van der Waals surface area contributed by atoms with E-state index >= 15 is 0 Å². The third-order valence-corrected chi connectivity index (χ3v) is 0.683. The fourth-order valence-electron chi connectivity index (χ4n) is 0.141. The second-order valence-electron chi connectivity index (χ2n) is 1.73. The lowest BCUT2D eigenvalue weighted by atomic mass is 10.4. The minimum atomic E-state index is -0.963. The number of carbonyl (C=O) groups is 1. The number of nitrogens with zero attached hydrogens (tertiary/aromatic N) is 4. The van der Waals surface area contributed by atoms with Crippen molar-refractivity contribution in [3.05, 3.63) is 0 Å². The van der Waals surface area contributed by atoms with E-state index in [0.717, 1.165) is 0 Å². The van der Waals surface area contributed by atoms with Crippen LogP contribution < -0.4 is 5.73 Å². The van der Waals surface area contributed by atoms with Gasteiger partial charge in [-0.15, -0.1) is 10.2 Å². The number of carboxylic acids is 1. The quantitative estimate of drug-likeness (QED) is 0.569. The molecule has 1 heterocycles. The van der Waals surface area contributed by atoms with Crippen LogP contribution in [0.25, 0.3) is 0 Å². The molecule has 0 bridgehead atoms. The molecule has 0 aromatic heterocycles. The molecule has 1 atom stereocenters. The summed E-state index contributed by atoms with van der Waals surface area (Å²) in [5, 5.41) is 20.9. The van der Waals surface area contributed by atoms with Crippen LogP contribution in [0.3, 0.4) is 0 Å². The molecule has 1 aliphatic rings. The summed E-state index contributed by atoms with van der Waals surface area (Å²) >= 11 is 0. The molecule has 1 aliphatic heterocycles. The van der Waals surface area contributed by atoms with E-state index in [1.165, 1.54) is 6.92 Å². The van der Waals surface area contributed by atoms with E-state index in [1.807, 2.05) is 0 Å². The first kappa shape index (κ1) is 9.63. The molecule has 0 aliphatic carbocycles. The van der Waals surface area contributed by atoms with Gasteiger partial charge in [-0.3, -0.25) is 4.79 Å². The second kappa shape index (κ2) is 5.42. The molecule has 0 unspecified atom stereocenters. The highest BCUT2D eigenvalue weighted by Crippen LogP contribution is 1.87. The van der Waals surface area contributed by atoms with Crippen LogP contribution in [0.2, 0.25) is 0 Å². The van der Waals surface area contributed by atoms with Crippen molar-refractivity contribution in [3.8, 4) is 0 Å². The van der Waals surface area contributed by atoms with Crippen molar-refractivity contribution < 1.29 is 9.90 Å². The van der Waals surface area contributed by atoms with Gasteiger partial charge in [0.1, 0.15) is 6.04 Å². The summed E-state index contributed by atoms with van der Waals surface area (Å²) in [5.74, 6) is -0.963. The Morgan fingerprint density at radius 2 is 1.91 bits per heavy atom. The van der Waals surface area contributed by atoms with Crippen LogP contribution in [0.5, 0.6) is 0 Å². The van der Waals surface area contributed by atoms with Crippen molar-refractivity contribution in [2.24, 2.45) is 26.4 Å². The Kier molecular flexibility index (Phi) is 4.74. The number of hydrogen-bond acceptors (Lipinski definition) is 6. The molecule has 62 valence electrons. The number of carboxylic acid groups (broad SMARTS) is 1. The normalized spacial score (nSPS) is 15.5. The number of rotatable bonds is 1. The van der Waals surface area contributed by atoms with Gasteiger partial charge >= 0.3 is 5.97 Å². The van der Waals surface area contributed by atoms with E-state index in [2.05, 4.69) is 20.7 Å². The maximum Gasteiger partial charge on any atom is 0.320 e. The molecule has 0 aromatic rings. The summed E-state index contributed by atoms with van der Waals surface area (Å²) in [7, 11) is 0. The molecule has 0 fully saturated rings. The molecular formula is C4H9N5O2. The summed E-state index contributed by atoms with van der Waals surface area (Å²) in [6.07, 6.45) is 0. The van der Waals surface area contributed by atoms with Crippen molar-refractivity contribution in [1.29, 1.82) is 0 Å². The summed E-state index contributed by atoms with van der Waals surface area (Å²) in [6.45, 7) is 1.84. The first-order valence-corrected chi connectivity index (χ1v) is 2.86. The van der Waals surface area contributed by atoms with Crippen LogP contribution in [0.1, 0.15) is 6.92 Å². The highest BCUT2D eigenvalue weighted by molar-refractivity contribution is 5.72. The highest BCUT2D eigenvalue weighted by Gasteiger charge is 1.99. The van der Waals surface area contributed by atoms with Crippen LogP contribution in [0, 0.1) is 0 Å². The maximum atomic E-state index is 9.57. The smallest absolute Gasteiger partial charge is 0.320 e. The molecule has 1 rings (SSSR count). The van der Waals surface area contributed by atoms with Crippen LogP contribution in [0.15, 0.2) is 20.7 Å². The third-order valence-electron chi connectivity index (χ3n) is 0.683. The molecule has 0 saturated carbocycles. The van der Waals surface area contributed by atoms with Crippen molar-refractivity contribution in [1.82, 2.24) is 0 Å². The molecule has 11 heavy (non-hydrogen) atoms. The Bertz CT molecular complexity index is 165. The first-order valence-electron chi connectivity index (χ1n) is 2.86. The lowest BCUT2D eigenvalue weighted by molar-refractivity contribution is -0.138. The summed E-state index contributed by atoms with van der Waals surface area (Å²) < 4.78 is 0. The molecule has 0 spiro atoms. The summed E-state index contributed by atoms with van der Waals surface area (Å²) in [5.41, 5.74) is 4.84. The predicted molar refractivity (Wildman–Crippen MR) is 35.9 cm³/mol. The van der Waals surface area contributed by atoms with Gasteiger partial charge in [-0.25, -0.2) is 0 Å². The number of nitrogens with two attached hydrogens (primary N) is 1. The van der Waals surface area contributed by atoms with Gasteiger partial charge in [0.15, 0.2) is 6.67 Å². The SMILES string of the molecule is C1N=NN=N1.C[C@H](N)C(=O)O. The number of hydrogen-bond donors (Lipinski definition) is 2. The third kappa shape index (κ3) is 6.52. The van der Waals surface area contributed by atoms with E-state index in [4.69, 9.17) is 10.8 Å². The average Bonchev–Trinajstić information content (AvgIpc) is 2.41. The number of aliphatic carboxylic acids is 1. The Hall–Kier alpha value is -1.37. The molecule has 0 saturated heterocycles. The molecule has 0 aromatic carbocycles. The fourth-order valence-corrected chi connectivity index (χ4v) is 0.141. The molecule has 3 N–H and O–H groups in total. The predicted octanol–water partition coefficient (Wildman–Crippen LogP) is 0.195. The Labute approximate surface area is 63.0 Å². The van der Waals surface area contributed by atoms with Crippen LogP contribution >= 0.6 is 0 Å².